The highest BCUT2D eigenvalue weighted by molar-refractivity contribution is 7.97. The van der Waals surface area contributed by atoms with Crippen molar-refractivity contribution in [2.24, 2.45) is 22.7 Å². The zero-order chi connectivity index (χ0) is 36.5. The number of nitrogens with zero attached hydrogens (tertiary/aromatic N) is 5. The Kier molecular flexibility index (Phi) is 11.0. The summed E-state index contributed by atoms with van der Waals surface area (Å²) < 4.78 is 15.9. The fourth-order valence-corrected chi connectivity index (χ4v) is 7.95. The number of carbonyl (C=O) groups is 2. The molecule has 272 valence electrons. The number of carbonyl (C=O) groups excluding carboxylic acids is 2. The van der Waals surface area contributed by atoms with Gasteiger partial charge in [0.2, 0.25) is 5.88 Å². The number of halogens is 1. The van der Waals surface area contributed by atoms with E-state index in [1.165, 1.54) is 0 Å². The van der Waals surface area contributed by atoms with Crippen LogP contribution < -0.4 is 14.8 Å². The first-order valence-corrected chi connectivity index (χ1v) is 18.6. The van der Waals surface area contributed by atoms with Crippen LogP contribution in [0.25, 0.3) is 5.82 Å². The molecule has 0 aromatic carbocycles. The molecule has 1 atom stereocenters. The highest BCUT2D eigenvalue weighted by Gasteiger charge is 2.63. The zero-order valence-electron chi connectivity index (χ0n) is 30.8. The number of hydrogen-bond acceptors (Lipinski definition) is 9. The fraction of sp³-hybridized carbons (Fsp3) is 0.595. The summed E-state index contributed by atoms with van der Waals surface area (Å²) in [6.07, 6.45) is 5.36. The number of pyridine rings is 2. The zero-order valence-corrected chi connectivity index (χ0v) is 32.4. The molecule has 3 aromatic heterocycles. The Morgan fingerprint density at radius 2 is 1.76 bits per heavy atom. The van der Waals surface area contributed by atoms with Crippen molar-refractivity contribution in [2.75, 3.05) is 25.0 Å². The Hall–Kier alpha value is -3.51. The second-order valence-corrected chi connectivity index (χ2v) is 17.4. The summed E-state index contributed by atoms with van der Waals surface area (Å²) in [5.41, 5.74) is 0.151. The Morgan fingerprint density at radius 3 is 2.44 bits per heavy atom. The molecule has 13 heteroatoms. The van der Waals surface area contributed by atoms with E-state index in [1.54, 1.807) is 29.1 Å². The quantitative estimate of drug-likeness (QED) is 0.102. The molecule has 1 saturated heterocycles. The lowest BCUT2D eigenvalue weighted by Crippen LogP contribution is -2.45. The first kappa shape index (κ1) is 37.7. The van der Waals surface area contributed by atoms with Crippen molar-refractivity contribution >= 4 is 41.4 Å². The number of ether oxygens (including phenoxy) is 2. The maximum atomic E-state index is 13.0. The van der Waals surface area contributed by atoms with Gasteiger partial charge in [-0.15, -0.1) is 5.10 Å². The Labute approximate surface area is 305 Å². The lowest BCUT2D eigenvalue weighted by atomic mass is 9.93. The number of anilines is 1. The molecule has 11 nitrogen and oxygen atoms in total. The minimum atomic E-state index is -0.513. The van der Waals surface area contributed by atoms with Crippen molar-refractivity contribution in [3.63, 3.8) is 0 Å². The van der Waals surface area contributed by atoms with Gasteiger partial charge < -0.3 is 19.7 Å². The molecule has 2 fully saturated rings. The average Bonchev–Trinajstić information content (AvgIpc) is 3.42. The topological polar surface area (TPSA) is 124 Å². The van der Waals surface area contributed by atoms with Gasteiger partial charge in [-0.1, -0.05) is 45.4 Å². The van der Waals surface area contributed by atoms with Crippen LogP contribution in [0.5, 0.6) is 5.88 Å². The molecule has 1 unspecified atom stereocenters. The third-order valence-corrected chi connectivity index (χ3v) is 11.5. The predicted molar refractivity (Wildman–Crippen MR) is 198 cm³/mol. The molecule has 4 heterocycles. The number of aromatic nitrogens is 4. The van der Waals surface area contributed by atoms with E-state index in [0.717, 1.165) is 50.0 Å². The molecular weight excluding hydrogens is 674 g/mol. The normalized spacial score (nSPS) is 19.2. The molecule has 1 aliphatic heterocycles. The average molecular weight is 726 g/mol. The van der Waals surface area contributed by atoms with Gasteiger partial charge in [-0.3, -0.25) is 9.52 Å². The summed E-state index contributed by atoms with van der Waals surface area (Å²) in [5, 5.41) is 8.56. The van der Waals surface area contributed by atoms with Crippen molar-refractivity contribution in [2.45, 2.75) is 104 Å². The van der Waals surface area contributed by atoms with Crippen molar-refractivity contribution in [1.82, 2.24) is 29.4 Å². The van der Waals surface area contributed by atoms with Gasteiger partial charge in [0, 0.05) is 42.8 Å². The first-order chi connectivity index (χ1) is 23.4. The summed E-state index contributed by atoms with van der Waals surface area (Å²) in [5.74, 6) is 2.38. The van der Waals surface area contributed by atoms with Gasteiger partial charge in [0.05, 0.1) is 12.2 Å². The molecule has 50 heavy (non-hydrogen) atoms. The SMILES string of the molecule is CC(C)(C)OC(=O)N1CC(CCCNc2cccc(SNC(=O)c3ccc(-n4ccc(OCCC5C(C)(C)C5(C)C)n4)nc3Cl)n2)CC1(C)C. The van der Waals surface area contributed by atoms with Crippen LogP contribution in [-0.2, 0) is 4.74 Å². The maximum absolute atomic E-state index is 13.0. The van der Waals surface area contributed by atoms with Crippen molar-refractivity contribution in [3.05, 3.63) is 53.3 Å². The van der Waals surface area contributed by atoms with Crippen LogP contribution in [0, 0.1) is 22.7 Å². The summed E-state index contributed by atoms with van der Waals surface area (Å²) in [4.78, 5) is 36.6. The molecule has 5 rings (SSSR count). The molecule has 1 saturated carbocycles. The van der Waals surface area contributed by atoms with Crippen molar-refractivity contribution in [3.8, 4) is 11.7 Å². The monoisotopic (exact) mass is 725 g/mol. The lowest BCUT2D eigenvalue weighted by Gasteiger charge is -2.33. The van der Waals surface area contributed by atoms with E-state index in [-0.39, 0.29) is 28.3 Å². The summed E-state index contributed by atoms with van der Waals surface area (Å²) in [6, 6.07) is 10.7. The smallest absolute Gasteiger partial charge is 0.410 e. The van der Waals surface area contributed by atoms with Gasteiger partial charge in [-0.05, 0) is 107 Å². The third kappa shape index (κ3) is 8.85. The van der Waals surface area contributed by atoms with E-state index < -0.39 is 5.60 Å². The van der Waals surface area contributed by atoms with Crippen LogP contribution in [0.3, 0.4) is 0 Å². The van der Waals surface area contributed by atoms with E-state index in [2.05, 4.69) is 66.6 Å². The van der Waals surface area contributed by atoms with Crippen LogP contribution in [0.4, 0.5) is 10.6 Å². The molecule has 0 bridgehead atoms. The molecular formula is C37H52ClN7O4S. The number of hydrogen-bond donors (Lipinski definition) is 2. The molecule has 0 spiro atoms. The first-order valence-electron chi connectivity index (χ1n) is 17.4. The van der Waals surface area contributed by atoms with Gasteiger partial charge in [0.15, 0.2) is 5.82 Å². The van der Waals surface area contributed by atoms with Crippen LogP contribution in [0.15, 0.2) is 47.6 Å². The van der Waals surface area contributed by atoms with E-state index in [9.17, 15) is 9.59 Å². The third-order valence-electron chi connectivity index (χ3n) is 10.5. The lowest BCUT2D eigenvalue weighted by molar-refractivity contribution is 0.0130. The maximum Gasteiger partial charge on any atom is 0.410 e. The van der Waals surface area contributed by atoms with E-state index in [1.807, 2.05) is 43.9 Å². The van der Waals surface area contributed by atoms with Crippen LogP contribution >= 0.6 is 23.5 Å². The van der Waals surface area contributed by atoms with Crippen molar-refractivity contribution in [1.29, 1.82) is 0 Å². The number of nitrogens with one attached hydrogen (secondary N) is 2. The molecule has 2 N–H and O–H groups in total. The summed E-state index contributed by atoms with van der Waals surface area (Å²) >= 11 is 7.55. The Balaban J connectivity index is 1.05. The summed E-state index contributed by atoms with van der Waals surface area (Å²) in [7, 11) is 0. The highest BCUT2D eigenvalue weighted by Crippen LogP contribution is 2.69. The minimum Gasteiger partial charge on any atom is -0.477 e. The molecule has 1 aliphatic carbocycles. The summed E-state index contributed by atoms with van der Waals surface area (Å²) in [6.45, 7) is 21.2. The second kappa shape index (κ2) is 14.6. The van der Waals surface area contributed by atoms with Gasteiger partial charge >= 0.3 is 6.09 Å². The minimum absolute atomic E-state index is 0.0695. The van der Waals surface area contributed by atoms with Gasteiger partial charge in [0.1, 0.15) is 21.6 Å². The Bertz CT molecular complexity index is 1670. The predicted octanol–water partition coefficient (Wildman–Crippen LogP) is 8.43. The Morgan fingerprint density at radius 1 is 1.02 bits per heavy atom. The van der Waals surface area contributed by atoms with E-state index in [4.69, 9.17) is 21.1 Å². The van der Waals surface area contributed by atoms with Gasteiger partial charge in [-0.25, -0.2) is 19.4 Å². The van der Waals surface area contributed by atoms with Crippen LogP contribution in [0.2, 0.25) is 5.15 Å². The van der Waals surface area contributed by atoms with E-state index in [0.29, 0.717) is 52.5 Å². The largest absolute Gasteiger partial charge is 0.477 e. The molecule has 3 aromatic rings. The van der Waals surface area contributed by atoms with Gasteiger partial charge in [-0.2, -0.15) is 0 Å². The van der Waals surface area contributed by atoms with Crippen LogP contribution in [-0.4, -0.2) is 67.5 Å². The molecule has 2 aliphatic rings. The van der Waals surface area contributed by atoms with Gasteiger partial charge in [0.25, 0.3) is 5.91 Å². The van der Waals surface area contributed by atoms with Crippen LogP contribution in [0.1, 0.15) is 98.4 Å². The number of rotatable bonds is 13. The molecule has 2 amide bonds. The number of likely N-dealkylation sites (tertiary alicyclic amines) is 1. The highest BCUT2D eigenvalue weighted by atomic mass is 35.5. The standard InChI is InChI=1S/C37H52ClN7O4S/c1-34(2,3)49-33(47)44-23-24(22-35(44,4)5)12-11-19-39-27-13-10-14-30(40-27)50-43-32(46)25-15-16-28(41-31(25)38)45-20-17-29(42-45)48-21-18-26-36(6,7)37(26,8)9/h10,13-17,20,24,26H,11-12,18-19,21-23H2,1-9H3,(H,39,40)(H,43,46). The second-order valence-electron chi connectivity index (χ2n) is 16.2. The van der Waals surface area contributed by atoms with E-state index >= 15 is 0 Å². The molecule has 0 radical (unpaired) electrons. The fourth-order valence-electron chi connectivity index (χ4n) is 7.12. The van der Waals surface area contributed by atoms with Crippen molar-refractivity contribution < 1.29 is 19.1 Å². The number of amides is 2.